The lowest BCUT2D eigenvalue weighted by atomic mass is 9.94. The van der Waals surface area contributed by atoms with Crippen LogP contribution in [-0.4, -0.2) is 21.2 Å². The van der Waals surface area contributed by atoms with Gasteiger partial charge in [0.25, 0.3) is 0 Å². The SMILES string of the molecule is CC(C)c1ccc(-c2c(C#N)c(N)nc(SCCC(=O)n3c4c(c5ccccc53)CCCC4)c2C#N)cc1. The van der Waals surface area contributed by atoms with Gasteiger partial charge in [0.15, 0.2) is 0 Å². The van der Waals surface area contributed by atoms with Gasteiger partial charge in [0, 0.05) is 28.8 Å². The number of rotatable bonds is 6. The zero-order chi connectivity index (χ0) is 26.8. The number of thioether (sulfide) groups is 1. The molecule has 7 heteroatoms. The molecule has 2 N–H and O–H groups in total. The van der Waals surface area contributed by atoms with Gasteiger partial charge in [0.2, 0.25) is 5.91 Å². The highest BCUT2D eigenvalue weighted by molar-refractivity contribution is 7.99. The molecule has 2 aromatic carbocycles. The molecule has 0 spiro atoms. The lowest BCUT2D eigenvalue weighted by Crippen LogP contribution is -2.16. The maximum atomic E-state index is 13.5. The van der Waals surface area contributed by atoms with E-state index in [1.165, 1.54) is 28.3 Å². The van der Waals surface area contributed by atoms with Crippen LogP contribution >= 0.6 is 11.8 Å². The van der Waals surface area contributed by atoms with Gasteiger partial charge in [-0.25, -0.2) is 4.98 Å². The molecule has 38 heavy (non-hydrogen) atoms. The molecule has 0 bridgehead atoms. The van der Waals surface area contributed by atoms with Crippen molar-refractivity contribution in [3.05, 3.63) is 76.5 Å². The minimum absolute atomic E-state index is 0.0430. The predicted molar refractivity (Wildman–Crippen MR) is 152 cm³/mol. The first-order valence-electron chi connectivity index (χ1n) is 13.0. The zero-order valence-corrected chi connectivity index (χ0v) is 22.4. The fraction of sp³-hybridized carbons (Fsp3) is 0.290. The number of aryl methyl sites for hydroxylation is 1. The summed E-state index contributed by atoms with van der Waals surface area (Å²) in [5.74, 6) is 0.943. The number of aromatic nitrogens is 2. The maximum absolute atomic E-state index is 13.5. The molecular weight excluding hydrogens is 490 g/mol. The number of carbonyl (C=O) groups is 1. The summed E-state index contributed by atoms with van der Waals surface area (Å²) in [4.78, 5) is 17.9. The van der Waals surface area contributed by atoms with Crippen molar-refractivity contribution >= 4 is 34.4 Å². The third kappa shape index (κ3) is 4.55. The smallest absolute Gasteiger partial charge is 0.232 e. The molecule has 2 heterocycles. The number of nitrogens with two attached hydrogens (primary N) is 1. The van der Waals surface area contributed by atoms with Crippen LogP contribution in [0.2, 0.25) is 0 Å². The molecule has 190 valence electrons. The summed E-state index contributed by atoms with van der Waals surface area (Å²) >= 11 is 1.33. The number of hydrogen-bond acceptors (Lipinski definition) is 6. The maximum Gasteiger partial charge on any atom is 0.232 e. The standard InChI is InChI=1S/C31H29N5OS/c1-19(2)20-11-13-21(14-12-20)29-24(17-32)30(34)35-31(25(29)18-33)38-16-15-28(37)36-26-9-5-3-7-22(26)23-8-4-6-10-27(23)36/h3,5,7,9,11-14,19H,4,6,8,10,15-16H2,1-2H3,(H2,34,35). The number of hydrogen-bond donors (Lipinski definition) is 1. The Bertz CT molecular complexity index is 1620. The highest BCUT2D eigenvalue weighted by atomic mass is 32.2. The van der Waals surface area contributed by atoms with Crippen molar-refractivity contribution in [2.24, 2.45) is 0 Å². The van der Waals surface area contributed by atoms with Crippen molar-refractivity contribution < 1.29 is 4.79 Å². The van der Waals surface area contributed by atoms with Gasteiger partial charge < -0.3 is 5.73 Å². The number of nitriles is 2. The average molecular weight is 520 g/mol. The molecule has 5 rings (SSSR count). The van der Waals surface area contributed by atoms with Gasteiger partial charge in [-0.15, -0.1) is 11.8 Å². The molecule has 0 fully saturated rings. The lowest BCUT2D eigenvalue weighted by molar-refractivity contribution is 0.0912. The Balaban J connectivity index is 1.44. The molecule has 0 aliphatic heterocycles. The molecule has 0 atom stereocenters. The molecule has 1 aliphatic carbocycles. The molecule has 4 aromatic rings. The Labute approximate surface area is 227 Å². The van der Waals surface area contributed by atoms with E-state index in [0.29, 0.717) is 34.2 Å². The fourth-order valence-corrected chi connectivity index (χ4v) is 6.28. The van der Waals surface area contributed by atoms with Crippen LogP contribution in [0, 0.1) is 22.7 Å². The first-order chi connectivity index (χ1) is 18.4. The number of pyridine rings is 1. The molecule has 2 aromatic heterocycles. The van der Waals surface area contributed by atoms with Crippen molar-refractivity contribution in [3.63, 3.8) is 0 Å². The molecular formula is C31H29N5OS. The van der Waals surface area contributed by atoms with Crippen LogP contribution in [0.25, 0.3) is 22.0 Å². The zero-order valence-electron chi connectivity index (χ0n) is 21.6. The topological polar surface area (TPSA) is 108 Å². The number of nitrogens with zero attached hydrogens (tertiary/aromatic N) is 4. The summed E-state index contributed by atoms with van der Waals surface area (Å²) in [5.41, 5.74) is 12.5. The van der Waals surface area contributed by atoms with Gasteiger partial charge in [0.05, 0.1) is 11.1 Å². The number of fused-ring (bicyclic) bond motifs is 3. The summed E-state index contributed by atoms with van der Waals surface area (Å²) in [7, 11) is 0. The molecule has 1 aliphatic rings. The lowest BCUT2D eigenvalue weighted by Gasteiger charge is -2.15. The second-order valence-corrected chi connectivity index (χ2v) is 11.0. The third-order valence-corrected chi connectivity index (χ3v) is 8.24. The van der Waals surface area contributed by atoms with Crippen molar-refractivity contribution in [1.82, 2.24) is 9.55 Å². The van der Waals surface area contributed by atoms with Crippen LogP contribution in [0.1, 0.15) is 71.8 Å². The summed E-state index contributed by atoms with van der Waals surface area (Å²) in [5, 5.41) is 21.5. The quantitative estimate of drug-likeness (QED) is 0.279. The fourth-order valence-electron chi connectivity index (χ4n) is 5.35. The van der Waals surface area contributed by atoms with E-state index in [1.807, 2.05) is 47.0 Å². The van der Waals surface area contributed by atoms with E-state index in [4.69, 9.17) is 5.73 Å². The van der Waals surface area contributed by atoms with Crippen molar-refractivity contribution in [1.29, 1.82) is 10.5 Å². The predicted octanol–water partition coefficient (Wildman–Crippen LogP) is 6.85. The van der Waals surface area contributed by atoms with E-state index in [0.717, 1.165) is 42.5 Å². The Morgan fingerprint density at radius 3 is 2.47 bits per heavy atom. The molecule has 0 radical (unpaired) electrons. The van der Waals surface area contributed by atoms with Crippen LogP contribution in [0.5, 0.6) is 0 Å². The van der Waals surface area contributed by atoms with Gasteiger partial charge in [0.1, 0.15) is 28.5 Å². The normalized spacial score (nSPS) is 12.8. The van der Waals surface area contributed by atoms with Gasteiger partial charge in [-0.3, -0.25) is 9.36 Å². The van der Waals surface area contributed by atoms with E-state index in [1.54, 1.807) is 0 Å². The minimum atomic E-state index is 0.0430. The van der Waals surface area contributed by atoms with Crippen LogP contribution < -0.4 is 5.73 Å². The third-order valence-electron chi connectivity index (χ3n) is 7.26. The van der Waals surface area contributed by atoms with Gasteiger partial charge in [-0.2, -0.15) is 10.5 Å². The molecule has 6 nitrogen and oxygen atoms in total. The summed E-state index contributed by atoms with van der Waals surface area (Å²) in [6.07, 6.45) is 4.45. The Morgan fingerprint density at radius 2 is 1.76 bits per heavy atom. The second-order valence-electron chi connectivity index (χ2n) is 9.90. The number of benzene rings is 2. The first kappa shape index (κ1) is 25.6. The number of para-hydroxylation sites is 1. The van der Waals surface area contributed by atoms with E-state index in [9.17, 15) is 15.3 Å². The number of anilines is 1. The Hall–Kier alpha value is -4.07. The van der Waals surface area contributed by atoms with Crippen molar-refractivity contribution in [3.8, 4) is 23.3 Å². The number of carbonyl (C=O) groups excluding carboxylic acids is 1. The van der Waals surface area contributed by atoms with Gasteiger partial charge in [-0.1, -0.05) is 56.3 Å². The Kier molecular flexibility index (Phi) is 7.22. The van der Waals surface area contributed by atoms with E-state index >= 15 is 0 Å². The minimum Gasteiger partial charge on any atom is -0.383 e. The first-order valence-corrected chi connectivity index (χ1v) is 13.9. The highest BCUT2D eigenvalue weighted by Crippen LogP contribution is 2.37. The second kappa shape index (κ2) is 10.7. The summed E-state index contributed by atoms with van der Waals surface area (Å²) in [6, 6.07) is 20.4. The molecule has 0 saturated heterocycles. The van der Waals surface area contributed by atoms with Crippen molar-refractivity contribution in [2.45, 2.75) is 56.9 Å². The number of nitrogen functional groups attached to an aromatic ring is 1. The summed E-state index contributed by atoms with van der Waals surface area (Å²) < 4.78 is 1.90. The van der Waals surface area contributed by atoms with E-state index < -0.39 is 0 Å². The van der Waals surface area contributed by atoms with Crippen LogP contribution in [0.15, 0.2) is 53.6 Å². The molecule has 0 amide bonds. The van der Waals surface area contributed by atoms with Gasteiger partial charge in [-0.05, 0) is 54.4 Å². The molecule has 0 unspecified atom stereocenters. The van der Waals surface area contributed by atoms with Gasteiger partial charge >= 0.3 is 0 Å². The highest BCUT2D eigenvalue weighted by Gasteiger charge is 2.24. The molecule has 0 saturated carbocycles. The van der Waals surface area contributed by atoms with E-state index in [-0.39, 0.29) is 17.3 Å². The van der Waals surface area contributed by atoms with E-state index in [2.05, 4.69) is 37.0 Å². The largest absolute Gasteiger partial charge is 0.383 e. The average Bonchev–Trinajstić information content (AvgIpc) is 3.27. The van der Waals surface area contributed by atoms with Crippen molar-refractivity contribution in [2.75, 3.05) is 11.5 Å². The van der Waals surface area contributed by atoms with Crippen LogP contribution in [0.3, 0.4) is 0 Å². The van der Waals surface area contributed by atoms with Crippen LogP contribution in [-0.2, 0) is 12.8 Å². The monoisotopic (exact) mass is 519 g/mol. The Morgan fingerprint density at radius 1 is 1.05 bits per heavy atom. The van der Waals surface area contributed by atoms with Crippen LogP contribution in [0.4, 0.5) is 5.82 Å². The summed E-state index contributed by atoms with van der Waals surface area (Å²) in [6.45, 7) is 4.23.